The summed E-state index contributed by atoms with van der Waals surface area (Å²) in [6, 6.07) is 3.47. The summed E-state index contributed by atoms with van der Waals surface area (Å²) in [5.41, 5.74) is 1.59. The highest BCUT2D eigenvalue weighted by atomic mass is 35.5. The number of rotatable bonds is 2. The van der Waals surface area contributed by atoms with E-state index in [0.29, 0.717) is 14.8 Å². The molecule has 1 saturated heterocycles. The largest absolute Gasteiger partial charge is 0.341 e. The van der Waals surface area contributed by atoms with Crippen molar-refractivity contribution in [1.82, 2.24) is 14.5 Å². The maximum atomic E-state index is 12.2. The molecule has 7 heteroatoms. The molecule has 0 spiro atoms. The highest BCUT2D eigenvalue weighted by molar-refractivity contribution is 7.71. The lowest BCUT2D eigenvalue weighted by Crippen LogP contribution is -2.31. The number of carbonyl (C=O) groups is 1. The first-order valence-corrected chi connectivity index (χ1v) is 7.58. The van der Waals surface area contributed by atoms with Gasteiger partial charge in [-0.05, 0) is 37.2 Å². The van der Waals surface area contributed by atoms with Crippen LogP contribution in [0.1, 0.15) is 12.8 Å². The number of hydrogen-bond acceptors (Lipinski definition) is 2. The van der Waals surface area contributed by atoms with E-state index in [0.717, 1.165) is 37.0 Å². The van der Waals surface area contributed by atoms with Crippen LogP contribution in [0.15, 0.2) is 12.1 Å². The highest BCUT2D eigenvalue weighted by Gasteiger charge is 2.19. The molecule has 0 atom stereocenters. The lowest BCUT2D eigenvalue weighted by molar-refractivity contribution is -0.130. The molecule has 4 nitrogen and oxygen atoms in total. The molecular weight excluding hydrogens is 317 g/mol. The lowest BCUT2D eigenvalue weighted by Gasteiger charge is -2.15. The summed E-state index contributed by atoms with van der Waals surface area (Å²) in [6.07, 6.45) is 2.15. The van der Waals surface area contributed by atoms with E-state index >= 15 is 0 Å². The van der Waals surface area contributed by atoms with Gasteiger partial charge in [-0.2, -0.15) is 0 Å². The molecule has 1 N–H and O–H groups in total. The fourth-order valence-corrected chi connectivity index (χ4v) is 3.11. The number of carbonyl (C=O) groups excluding carboxylic acids is 1. The third-order valence-corrected chi connectivity index (χ3v) is 4.61. The normalized spacial score (nSPS) is 15.2. The van der Waals surface area contributed by atoms with Gasteiger partial charge in [0.25, 0.3) is 0 Å². The molecule has 1 aliphatic heterocycles. The van der Waals surface area contributed by atoms with Crippen molar-refractivity contribution < 1.29 is 4.79 Å². The molecule has 0 aliphatic carbocycles. The van der Waals surface area contributed by atoms with Crippen LogP contribution in [0.5, 0.6) is 0 Å². The molecule has 1 aromatic carbocycles. The minimum absolute atomic E-state index is 0.0885. The summed E-state index contributed by atoms with van der Waals surface area (Å²) in [5, 5.41) is 0.920. The zero-order valence-electron chi connectivity index (χ0n) is 10.7. The lowest BCUT2D eigenvalue weighted by atomic mass is 10.3. The topological polar surface area (TPSA) is 41.0 Å². The van der Waals surface area contributed by atoms with Crippen LogP contribution >= 0.6 is 35.4 Å². The average Bonchev–Trinajstić information content (AvgIpc) is 3.01. The number of nitrogens with zero attached hydrogens (tertiary/aromatic N) is 2. The number of aromatic amines is 1. The minimum atomic E-state index is 0.0885. The Balaban J connectivity index is 1.98. The smallest absolute Gasteiger partial charge is 0.242 e. The van der Waals surface area contributed by atoms with Gasteiger partial charge in [0.15, 0.2) is 4.77 Å². The van der Waals surface area contributed by atoms with Crippen LogP contribution < -0.4 is 0 Å². The van der Waals surface area contributed by atoms with Gasteiger partial charge in [0.05, 0.1) is 21.1 Å². The molecule has 0 saturated carbocycles. The van der Waals surface area contributed by atoms with Crippen molar-refractivity contribution in [3.05, 3.63) is 26.9 Å². The van der Waals surface area contributed by atoms with Gasteiger partial charge in [-0.25, -0.2) is 0 Å². The van der Waals surface area contributed by atoms with Crippen LogP contribution in [-0.2, 0) is 11.3 Å². The zero-order chi connectivity index (χ0) is 14.3. The van der Waals surface area contributed by atoms with E-state index in [-0.39, 0.29) is 12.5 Å². The summed E-state index contributed by atoms with van der Waals surface area (Å²) in [6.45, 7) is 1.90. The van der Waals surface area contributed by atoms with Crippen LogP contribution in [-0.4, -0.2) is 33.4 Å². The van der Waals surface area contributed by atoms with Crippen LogP contribution in [0.3, 0.4) is 0 Å². The van der Waals surface area contributed by atoms with Crippen molar-refractivity contribution in [2.45, 2.75) is 19.4 Å². The number of aromatic nitrogens is 2. The van der Waals surface area contributed by atoms with Crippen LogP contribution in [0.4, 0.5) is 0 Å². The van der Waals surface area contributed by atoms with Crippen molar-refractivity contribution >= 4 is 52.4 Å². The van der Waals surface area contributed by atoms with Gasteiger partial charge in [0.2, 0.25) is 5.91 Å². The van der Waals surface area contributed by atoms with Crippen molar-refractivity contribution in [1.29, 1.82) is 0 Å². The molecule has 1 aromatic heterocycles. The molecule has 20 heavy (non-hydrogen) atoms. The maximum absolute atomic E-state index is 12.2. The third kappa shape index (κ3) is 2.45. The van der Waals surface area contributed by atoms with Crippen molar-refractivity contribution in [2.75, 3.05) is 13.1 Å². The summed E-state index contributed by atoms with van der Waals surface area (Å²) in [5.74, 6) is 0.0885. The number of imidazole rings is 1. The number of benzene rings is 1. The van der Waals surface area contributed by atoms with E-state index in [1.54, 1.807) is 16.7 Å². The van der Waals surface area contributed by atoms with Crippen molar-refractivity contribution in [3.63, 3.8) is 0 Å². The van der Waals surface area contributed by atoms with Gasteiger partial charge in [0.1, 0.15) is 6.54 Å². The quantitative estimate of drug-likeness (QED) is 0.855. The third-order valence-electron chi connectivity index (χ3n) is 3.57. The number of hydrogen-bond donors (Lipinski definition) is 1. The van der Waals surface area contributed by atoms with E-state index in [9.17, 15) is 4.79 Å². The summed E-state index contributed by atoms with van der Waals surface area (Å²) in [4.78, 5) is 17.2. The number of likely N-dealkylation sites (tertiary alicyclic amines) is 1. The predicted octanol–water partition coefficient (Wildman–Crippen LogP) is 3.63. The molecule has 2 aromatic rings. The number of halogens is 2. The Morgan fingerprint density at radius 1 is 1.25 bits per heavy atom. The van der Waals surface area contributed by atoms with E-state index in [2.05, 4.69) is 4.98 Å². The summed E-state index contributed by atoms with van der Waals surface area (Å²) in [7, 11) is 0. The standard InChI is InChI=1S/C13H13Cl2N3OS/c14-8-5-10-11(6-9(8)15)18(13(20)16-10)7-12(19)17-3-1-2-4-17/h5-6H,1-4,7H2,(H,16,20). The molecule has 0 radical (unpaired) electrons. The first kappa shape index (κ1) is 13.9. The molecule has 1 amide bonds. The fourth-order valence-electron chi connectivity index (χ4n) is 2.51. The number of nitrogens with one attached hydrogen (secondary N) is 1. The van der Waals surface area contributed by atoms with Gasteiger partial charge in [-0.15, -0.1) is 0 Å². The van der Waals surface area contributed by atoms with Crippen LogP contribution in [0.25, 0.3) is 11.0 Å². The van der Waals surface area contributed by atoms with E-state index in [1.807, 2.05) is 4.90 Å². The van der Waals surface area contributed by atoms with Crippen molar-refractivity contribution in [2.24, 2.45) is 0 Å². The Morgan fingerprint density at radius 2 is 1.90 bits per heavy atom. The average molecular weight is 330 g/mol. The van der Waals surface area contributed by atoms with Gasteiger partial charge in [0, 0.05) is 13.1 Å². The molecule has 1 aliphatic rings. The van der Waals surface area contributed by atoms with Gasteiger partial charge in [-0.1, -0.05) is 23.2 Å². The SMILES string of the molecule is O=C(Cn1c(=S)[nH]c2cc(Cl)c(Cl)cc21)N1CCCC1. The highest BCUT2D eigenvalue weighted by Crippen LogP contribution is 2.27. The molecule has 2 heterocycles. The number of amides is 1. The van der Waals surface area contributed by atoms with E-state index < -0.39 is 0 Å². The molecule has 3 rings (SSSR count). The predicted molar refractivity (Wildman–Crippen MR) is 83.0 cm³/mol. The Labute approximate surface area is 131 Å². The second-order valence-corrected chi connectivity index (χ2v) is 6.09. The molecule has 0 bridgehead atoms. The van der Waals surface area contributed by atoms with Crippen molar-refractivity contribution in [3.8, 4) is 0 Å². The Hall–Kier alpha value is -1.04. The van der Waals surface area contributed by atoms with E-state index in [4.69, 9.17) is 35.4 Å². The monoisotopic (exact) mass is 329 g/mol. The van der Waals surface area contributed by atoms with Gasteiger partial charge < -0.3 is 14.5 Å². The van der Waals surface area contributed by atoms with Gasteiger partial charge in [-0.3, -0.25) is 4.79 Å². The van der Waals surface area contributed by atoms with Crippen LogP contribution in [0.2, 0.25) is 10.0 Å². The first-order valence-electron chi connectivity index (χ1n) is 6.41. The summed E-state index contributed by atoms with van der Waals surface area (Å²) < 4.78 is 2.28. The molecular formula is C13H13Cl2N3OS. The molecule has 0 unspecified atom stereocenters. The maximum Gasteiger partial charge on any atom is 0.242 e. The first-order chi connectivity index (χ1) is 9.56. The molecule has 1 fully saturated rings. The Morgan fingerprint density at radius 3 is 2.60 bits per heavy atom. The summed E-state index contributed by atoms with van der Waals surface area (Å²) >= 11 is 17.3. The zero-order valence-corrected chi connectivity index (χ0v) is 13.0. The second-order valence-electron chi connectivity index (χ2n) is 4.89. The number of H-pyrrole nitrogens is 1. The molecule has 106 valence electrons. The van der Waals surface area contributed by atoms with E-state index in [1.165, 1.54) is 0 Å². The van der Waals surface area contributed by atoms with Crippen LogP contribution in [0, 0.1) is 4.77 Å². The Kier molecular flexibility index (Phi) is 3.75. The Bertz CT molecular complexity index is 731. The second kappa shape index (κ2) is 5.39. The minimum Gasteiger partial charge on any atom is -0.341 e. The fraction of sp³-hybridized carbons (Fsp3) is 0.385. The number of fused-ring (bicyclic) bond motifs is 1. The van der Waals surface area contributed by atoms with Gasteiger partial charge >= 0.3 is 0 Å².